The summed E-state index contributed by atoms with van der Waals surface area (Å²) in [5.41, 5.74) is 5.50. The van der Waals surface area contributed by atoms with Crippen molar-refractivity contribution in [3.05, 3.63) is 58.4 Å². The fourth-order valence-corrected chi connectivity index (χ4v) is 4.57. The number of rotatable bonds is 4. The molecule has 1 aromatic heterocycles. The molecule has 1 aromatic carbocycles. The van der Waals surface area contributed by atoms with Crippen LogP contribution in [0.15, 0.2) is 40.5 Å². The summed E-state index contributed by atoms with van der Waals surface area (Å²) in [5.74, 6) is 1.28. The molecule has 29 heavy (non-hydrogen) atoms. The average Bonchev–Trinajstić information content (AvgIpc) is 3.35. The number of piperidine rings is 1. The van der Waals surface area contributed by atoms with E-state index >= 15 is 0 Å². The number of hydrogen-bond donors (Lipinski definition) is 3. The molecule has 2 fully saturated rings. The first-order valence-corrected chi connectivity index (χ1v) is 10.4. The van der Waals surface area contributed by atoms with E-state index in [1.54, 1.807) is 6.08 Å². The maximum absolute atomic E-state index is 12.4. The largest absolute Gasteiger partial charge is 0.424 e. The van der Waals surface area contributed by atoms with Crippen molar-refractivity contribution < 1.29 is 9.21 Å². The Balaban J connectivity index is 1.33. The van der Waals surface area contributed by atoms with Gasteiger partial charge in [0.05, 0.1) is 12.3 Å². The molecule has 1 amide bonds. The Kier molecular flexibility index (Phi) is 4.99. The standard InChI is InChI=1S/C20H23ClN6O2/c21-14-3-1-2-12(8-14)9-18-25-26-20(29-18)15-11-23-27-16(10-17(28)24-19(15)27)13-4-6-22-7-5-13/h1-3,8,10,13,15,19,22-23H,4-7,9,11H2,(H,24,28). The van der Waals surface area contributed by atoms with E-state index in [1.807, 2.05) is 24.3 Å². The van der Waals surface area contributed by atoms with Crippen LogP contribution >= 0.6 is 11.6 Å². The lowest BCUT2D eigenvalue weighted by atomic mass is 9.92. The van der Waals surface area contributed by atoms with Crippen molar-refractivity contribution in [1.29, 1.82) is 0 Å². The van der Waals surface area contributed by atoms with Crippen LogP contribution < -0.4 is 16.1 Å². The number of carbonyl (C=O) groups excluding carboxylic acids is 1. The van der Waals surface area contributed by atoms with Gasteiger partial charge in [0.1, 0.15) is 6.17 Å². The third kappa shape index (κ3) is 3.75. The van der Waals surface area contributed by atoms with E-state index in [0.29, 0.717) is 35.7 Å². The molecule has 2 saturated heterocycles. The fourth-order valence-electron chi connectivity index (χ4n) is 4.36. The predicted octanol–water partition coefficient (Wildman–Crippen LogP) is 1.56. The number of carbonyl (C=O) groups is 1. The lowest BCUT2D eigenvalue weighted by molar-refractivity contribution is -0.119. The highest BCUT2D eigenvalue weighted by Crippen LogP contribution is 2.34. The molecule has 2 aromatic rings. The normalized spacial score (nSPS) is 24.9. The maximum atomic E-state index is 12.4. The molecule has 5 rings (SSSR count). The molecular weight excluding hydrogens is 392 g/mol. The maximum Gasteiger partial charge on any atom is 0.247 e. The smallest absolute Gasteiger partial charge is 0.247 e. The minimum atomic E-state index is -0.225. The van der Waals surface area contributed by atoms with Crippen LogP contribution in [0.25, 0.3) is 0 Å². The lowest BCUT2D eigenvalue weighted by Crippen LogP contribution is -2.53. The first-order chi connectivity index (χ1) is 14.2. The van der Waals surface area contributed by atoms with E-state index < -0.39 is 0 Å². The Labute approximate surface area is 173 Å². The Hall–Kier alpha value is -2.42. The zero-order valence-electron chi connectivity index (χ0n) is 15.9. The molecule has 4 heterocycles. The zero-order chi connectivity index (χ0) is 19.8. The molecule has 0 radical (unpaired) electrons. The zero-order valence-corrected chi connectivity index (χ0v) is 16.7. The minimum absolute atomic E-state index is 0.0628. The van der Waals surface area contributed by atoms with Gasteiger partial charge in [-0.2, -0.15) is 0 Å². The van der Waals surface area contributed by atoms with Crippen LogP contribution in [0.2, 0.25) is 5.02 Å². The molecule has 3 N–H and O–H groups in total. The van der Waals surface area contributed by atoms with Crippen LogP contribution in [0.1, 0.15) is 36.1 Å². The number of fused-ring (bicyclic) bond motifs is 1. The predicted molar refractivity (Wildman–Crippen MR) is 107 cm³/mol. The van der Waals surface area contributed by atoms with Crippen molar-refractivity contribution in [2.75, 3.05) is 19.6 Å². The first-order valence-electron chi connectivity index (χ1n) is 9.99. The van der Waals surface area contributed by atoms with Crippen molar-refractivity contribution >= 4 is 17.5 Å². The summed E-state index contributed by atoms with van der Waals surface area (Å²) in [6.45, 7) is 2.58. The second-order valence-electron chi connectivity index (χ2n) is 7.73. The van der Waals surface area contributed by atoms with Crippen molar-refractivity contribution in [3.63, 3.8) is 0 Å². The van der Waals surface area contributed by atoms with Crippen LogP contribution in [0.4, 0.5) is 0 Å². The third-order valence-electron chi connectivity index (χ3n) is 5.79. The number of aromatic nitrogens is 2. The van der Waals surface area contributed by atoms with Gasteiger partial charge in [-0.15, -0.1) is 10.2 Å². The summed E-state index contributed by atoms with van der Waals surface area (Å²) in [6.07, 6.45) is 4.07. The van der Waals surface area contributed by atoms with Gasteiger partial charge in [0, 0.05) is 29.3 Å². The SMILES string of the molecule is O=C1C=C(C2CCNCC2)N2NCC(c3nnc(Cc4cccc(Cl)c4)o3)C2N1. The quantitative estimate of drug-likeness (QED) is 0.698. The van der Waals surface area contributed by atoms with Crippen LogP contribution in [0.3, 0.4) is 0 Å². The van der Waals surface area contributed by atoms with E-state index in [0.717, 1.165) is 37.2 Å². The number of nitrogens with zero attached hydrogens (tertiary/aromatic N) is 3. The van der Waals surface area contributed by atoms with Gasteiger partial charge in [-0.3, -0.25) is 9.80 Å². The number of benzene rings is 1. The van der Waals surface area contributed by atoms with Crippen molar-refractivity contribution in [3.8, 4) is 0 Å². The minimum Gasteiger partial charge on any atom is -0.424 e. The van der Waals surface area contributed by atoms with Crippen molar-refractivity contribution in [1.82, 2.24) is 31.3 Å². The Bertz CT molecular complexity index is 939. The van der Waals surface area contributed by atoms with Gasteiger partial charge < -0.3 is 15.1 Å². The van der Waals surface area contributed by atoms with Gasteiger partial charge in [-0.05, 0) is 43.6 Å². The van der Waals surface area contributed by atoms with E-state index in [2.05, 4.69) is 31.3 Å². The first kappa shape index (κ1) is 18.6. The molecule has 3 aliphatic rings. The molecule has 0 bridgehead atoms. The topological polar surface area (TPSA) is 95.3 Å². The molecule has 0 aliphatic carbocycles. The van der Waals surface area contributed by atoms with Gasteiger partial charge in [0.15, 0.2) is 0 Å². The van der Waals surface area contributed by atoms with Gasteiger partial charge in [0.25, 0.3) is 0 Å². The van der Waals surface area contributed by atoms with Gasteiger partial charge in [-0.1, -0.05) is 23.7 Å². The molecule has 8 nitrogen and oxygen atoms in total. The Morgan fingerprint density at radius 1 is 1.24 bits per heavy atom. The van der Waals surface area contributed by atoms with Gasteiger partial charge >= 0.3 is 0 Å². The number of hydrogen-bond acceptors (Lipinski definition) is 7. The summed E-state index contributed by atoms with van der Waals surface area (Å²) in [7, 11) is 0. The summed E-state index contributed by atoms with van der Waals surface area (Å²) < 4.78 is 5.96. The fraction of sp³-hybridized carbons (Fsp3) is 0.450. The Morgan fingerprint density at radius 2 is 2.10 bits per heavy atom. The van der Waals surface area contributed by atoms with Crippen LogP contribution in [-0.2, 0) is 11.2 Å². The van der Waals surface area contributed by atoms with E-state index in [4.69, 9.17) is 16.0 Å². The van der Waals surface area contributed by atoms with Gasteiger partial charge in [-0.25, -0.2) is 5.43 Å². The number of nitrogens with one attached hydrogen (secondary N) is 3. The average molecular weight is 415 g/mol. The number of halogens is 1. The highest BCUT2D eigenvalue weighted by atomic mass is 35.5. The highest BCUT2D eigenvalue weighted by molar-refractivity contribution is 6.30. The number of amides is 1. The summed E-state index contributed by atoms with van der Waals surface area (Å²) >= 11 is 6.06. The van der Waals surface area contributed by atoms with E-state index in [-0.39, 0.29) is 18.0 Å². The summed E-state index contributed by atoms with van der Waals surface area (Å²) in [4.78, 5) is 12.4. The van der Waals surface area contributed by atoms with Crippen molar-refractivity contribution in [2.24, 2.45) is 5.92 Å². The van der Waals surface area contributed by atoms with E-state index in [9.17, 15) is 4.79 Å². The Morgan fingerprint density at radius 3 is 2.93 bits per heavy atom. The second-order valence-corrected chi connectivity index (χ2v) is 8.16. The van der Waals surface area contributed by atoms with Crippen LogP contribution in [-0.4, -0.2) is 46.9 Å². The monoisotopic (exact) mass is 414 g/mol. The number of hydrazine groups is 1. The third-order valence-corrected chi connectivity index (χ3v) is 6.02. The molecule has 9 heteroatoms. The van der Waals surface area contributed by atoms with E-state index in [1.165, 1.54) is 0 Å². The summed E-state index contributed by atoms with van der Waals surface area (Å²) in [5, 5.41) is 17.7. The molecule has 3 aliphatic heterocycles. The lowest BCUT2D eigenvalue weighted by Gasteiger charge is -2.38. The highest BCUT2D eigenvalue weighted by Gasteiger charge is 2.44. The second kappa shape index (κ2) is 7.78. The molecule has 0 saturated carbocycles. The molecule has 152 valence electrons. The molecular formula is C20H23ClN6O2. The summed E-state index contributed by atoms with van der Waals surface area (Å²) in [6, 6.07) is 7.61. The van der Waals surface area contributed by atoms with Crippen LogP contribution in [0, 0.1) is 5.92 Å². The molecule has 0 spiro atoms. The number of allylic oxidation sites excluding steroid dienone is 1. The van der Waals surface area contributed by atoms with Crippen LogP contribution in [0.5, 0.6) is 0 Å². The molecule has 2 unspecified atom stereocenters. The van der Waals surface area contributed by atoms with Gasteiger partial charge in [0.2, 0.25) is 17.7 Å². The van der Waals surface area contributed by atoms with Crippen molar-refractivity contribution in [2.45, 2.75) is 31.3 Å². The molecule has 2 atom stereocenters.